The van der Waals surface area contributed by atoms with Gasteiger partial charge in [0.2, 0.25) is 11.8 Å². The van der Waals surface area contributed by atoms with Crippen LogP contribution in [0.2, 0.25) is 0 Å². The lowest BCUT2D eigenvalue weighted by atomic mass is 10.1. The zero-order valence-corrected chi connectivity index (χ0v) is 15.9. The van der Waals surface area contributed by atoms with Crippen LogP contribution in [0.4, 0.5) is 14.5 Å². The number of hydrogen-bond donors (Lipinski definition) is 2. The molecule has 0 bridgehead atoms. The fourth-order valence-corrected chi connectivity index (χ4v) is 3.44. The summed E-state index contributed by atoms with van der Waals surface area (Å²) in [5, 5.41) is 14.5. The summed E-state index contributed by atoms with van der Waals surface area (Å²) in [5.41, 5.74) is 0.149. The Kier molecular flexibility index (Phi) is 5.60. The van der Waals surface area contributed by atoms with Crippen LogP contribution in [0.15, 0.2) is 41.1 Å². The van der Waals surface area contributed by atoms with E-state index in [0.29, 0.717) is 11.4 Å². The van der Waals surface area contributed by atoms with Crippen molar-refractivity contribution in [3.63, 3.8) is 0 Å². The predicted molar refractivity (Wildman–Crippen MR) is 103 cm³/mol. The number of aromatic hydroxyl groups is 1. The quantitative estimate of drug-likeness (QED) is 0.626. The van der Waals surface area contributed by atoms with Gasteiger partial charge in [0, 0.05) is 17.8 Å². The van der Waals surface area contributed by atoms with Crippen LogP contribution < -0.4 is 10.1 Å². The molecule has 1 fully saturated rings. The molecule has 1 amide bonds. The Morgan fingerprint density at radius 1 is 1.23 bits per heavy atom. The second kappa shape index (κ2) is 8.48. The lowest BCUT2D eigenvalue weighted by molar-refractivity contribution is -0.115. The van der Waals surface area contributed by atoms with Crippen molar-refractivity contribution in [2.45, 2.75) is 38.2 Å². The summed E-state index contributed by atoms with van der Waals surface area (Å²) in [6.45, 7) is 0. The number of nitrogens with one attached hydrogen (secondary N) is 1. The van der Waals surface area contributed by atoms with E-state index in [0.717, 1.165) is 43.9 Å². The summed E-state index contributed by atoms with van der Waals surface area (Å²) in [5.74, 6) is -2.59. The third-order valence-corrected chi connectivity index (χ3v) is 4.85. The van der Waals surface area contributed by atoms with Gasteiger partial charge in [0.25, 0.3) is 5.88 Å². The van der Waals surface area contributed by atoms with E-state index in [1.165, 1.54) is 0 Å². The Bertz CT molecular complexity index is 1040. The van der Waals surface area contributed by atoms with Gasteiger partial charge in [0.15, 0.2) is 0 Å². The molecule has 0 spiro atoms. The molecule has 2 heterocycles. The second-order valence-electron chi connectivity index (χ2n) is 7.07. The number of halogens is 2. The van der Waals surface area contributed by atoms with E-state index in [2.05, 4.69) is 15.5 Å². The summed E-state index contributed by atoms with van der Waals surface area (Å²) in [7, 11) is 0. The van der Waals surface area contributed by atoms with Crippen molar-refractivity contribution in [1.29, 1.82) is 0 Å². The number of amides is 1. The van der Waals surface area contributed by atoms with Crippen molar-refractivity contribution in [2.24, 2.45) is 0 Å². The van der Waals surface area contributed by atoms with Gasteiger partial charge in [-0.2, -0.15) is 0 Å². The smallest absolute Gasteiger partial charge is 0.251 e. The molecule has 7 nitrogen and oxygen atoms in total. The largest absolute Gasteiger partial charge is 0.491 e. The van der Waals surface area contributed by atoms with Crippen LogP contribution in [-0.2, 0) is 11.2 Å². The van der Waals surface area contributed by atoms with Crippen LogP contribution >= 0.6 is 0 Å². The highest BCUT2D eigenvalue weighted by Gasteiger charge is 2.21. The van der Waals surface area contributed by atoms with Crippen molar-refractivity contribution in [2.75, 3.05) is 5.32 Å². The van der Waals surface area contributed by atoms with Crippen LogP contribution in [0.3, 0.4) is 0 Å². The Hall–Kier alpha value is -3.49. The Morgan fingerprint density at radius 2 is 1.97 bits per heavy atom. The minimum atomic E-state index is -0.936. The molecule has 2 aromatic heterocycles. The number of carbonyl (C=O) groups excluding carboxylic acids is 1. The van der Waals surface area contributed by atoms with Crippen LogP contribution in [0, 0.1) is 11.6 Å². The van der Waals surface area contributed by atoms with Gasteiger partial charge >= 0.3 is 0 Å². The fraction of sp³-hybridized carbons (Fsp3) is 0.286. The lowest BCUT2D eigenvalue weighted by Crippen LogP contribution is -2.16. The van der Waals surface area contributed by atoms with Gasteiger partial charge in [0.05, 0.1) is 6.42 Å². The molecular formula is C21H19F2N3O4. The number of ether oxygens (including phenoxy) is 1. The SMILES string of the molecule is O=C(Cc1cc(O)no1)Nc1c(F)cc(-c2cccnc2OC2CCCC2)cc1F. The van der Waals surface area contributed by atoms with Crippen molar-refractivity contribution in [3.8, 4) is 22.9 Å². The van der Waals surface area contributed by atoms with Gasteiger partial charge in [-0.25, -0.2) is 13.8 Å². The van der Waals surface area contributed by atoms with Gasteiger partial charge in [0.1, 0.15) is 29.2 Å². The number of hydrogen-bond acceptors (Lipinski definition) is 6. The zero-order chi connectivity index (χ0) is 21.1. The number of anilines is 1. The number of benzene rings is 1. The molecule has 30 heavy (non-hydrogen) atoms. The summed E-state index contributed by atoms with van der Waals surface area (Å²) in [6, 6.07) is 6.73. The van der Waals surface area contributed by atoms with E-state index < -0.39 is 23.2 Å². The first kappa shape index (κ1) is 19.8. The highest BCUT2D eigenvalue weighted by atomic mass is 19.1. The monoisotopic (exact) mass is 415 g/mol. The zero-order valence-electron chi connectivity index (χ0n) is 15.9. The normalized spacial score (nSPS) is 14.1. The van der Waals surface area contributed by atoms with Crippen LogP contribution in [0.1, 0.15) is 31.4 Å². The maximum absolute atomic E-state index is 14.6. The van der Waals surface area contributed by atoms with Gasteiger partial charge in [-0.1, -0.05) is 0 Å². The fourth-order valence-electron chi connectivity index (χ4n) is 3.44. The molecule has 0 unspecified atom stereocenters. The molecule has 1 aromatic carbocycles. The van der Waals surface area contributed by atoms with E-state index >= 15 is 0 Å². The number of carbonyl (C=O) groups is 1. The van der Waals surface area contributed by atoms with E-state index in [-0.39, 0.29) is 29.7 Å². The maximum Gasteiger partial charge on any atom is 0.251 e. The minimum Gasteiger partial charge on any atom is -0.491 e. The van der Waals surface area contributed by atoms with Gasteiger partial charge < -0.3 is 19.7 Å². The van der Waals surface area contributed by atoms with Gasteiger partial charge in [-0.3, -0.25) is 4.79 Å². The molecule has 0 aliphatic heterocycles. The first-order valence-electron chi connectivity index (χ1n) is 9.55. The highest BCUT2D eigenvalue weighted by Crippen LogP contribution is 2.34. The molecule has 0 saturated heterocycles. The summed E-state index contributed by atoms with van der Waals surface area (Å²) >= 11 is 0. The van der Waals surface area contributed by atoms with Crippen LogP contribution in [-0.4, -0.2) is 27.3 Å². The number of nitrogens with zero attached hydrogens (tertiary/aromatic N) is 2. The highest BCUT2D eigenvalue weighted by molar-refractivity contribution is 5.92. The minimum absolute atomic E-state index is 0.0439. The summed E-state index contributed by atoms with van der Waals surface area (Å²) in [6.07, 6.45) is 5.28. The third-order valence-electron chi connectivity index (χ3n) is 4.85. The van der Waals surface area contributed by atoms with Gasteiger partial charge in [-0.15, -0.1) is 0 Å². The number of aromatic nitrogens is 2. The van der Waals surface area contributed by atoms with Crippen molar-refractivity contribution in [1.82, 2.24) is 10.1 Å². The van der Waals surface area contributed by atoms with Crippen molar-refractivity contribution >= 4 is 11.6 Å². The molecule has 1 aliphatic carbocycles. The van der Waals surface area contributed by atoms with Gasteiger partial charge in [-0.05, 0) is 60.7 Å². The molecule has 0 radical (unpaired) electrons. The summed E-state index contributed by atoms with van der Waals surface area (Å²) in [4.78, 5) is 16.3. The van der Waals surface area contributed by atoms with Crippen LogP contribution in [0.5, 0.6) is 11.8 Å². The molecule has 156 valence electrons. The maximum atomic E-state index is 14.6. The van der Waals surface area contributed by atoms with E-state index in [4.69, 9.17) is 14.4 Å². The predicted octanol–water partition coefficient (Wildman–Crippen LogP) is 4.22. The number of pyridine rings is 1. The Labute approximate surface area is 170 Å². The van der Waals surface area contributed by atoms with Crippen molar-refractivity contribution < 1.29 is 27.9 Å². The molecule has 4 rings (SSSR count). The number of rotatable bonds is 6. The lowest BCUT2D eigenvalue weighted by Gasteiger charge is -2.16. The molecule has 9 heteroatoms. The Balaban J connectivity index is 1.55. The molecule has 0 atom stereocenters. The molecule has 2 N–H and O–H groups in total. The van der Waals surface area contributed by atoms with Crippen molar-refractivity contribution in [3.05, 3.63) is 53.9 Å². The Morgan fingerprint density at radius 3 is 2.63 bits per heavy atom. The topological polar surface area (TPSA) is 97.5 Å². The average molecular weight is 415 g/mol. The van der Waals surface area contributed by atoms with Crippen LogP contribution in [0.25, 0.3) is 11.1 Å². The third kappa shape index (κ3) is 4.40. The first-order valence-corrected chi connectivity index (χ1v) is 9.55. The molecule has 1 aliphatic rings. The molecule has 3 aromatic rings. The van der Waals surface area contributed by atoms with E-state index in [9.17, 15) is 13.6 Å². The first-order chi connectivity index (χ1) is 14.5. The second-order valence-corrected chi connectivity index (χ2v) is 7.07. The summed E-state index contributed by atoms with van der Waals surface area (Å²) < 4.78 is 39.9. The standard InChI is InChI=1S/C21H19F2N3O4/c22-16-8-12(15-6-3-7-24-21(15)29-13-4-1-2-5-13)9-17(23)20(16)25-18(27)10-14-11-19(28)26-30-14/h3,6-9,11,13H,1-2,4-5,10H2,(H,25,27)(H,26,28). The average Bonchev–Trinajstić information content (AvgIpc) is 3.37. The molecule has 1 saturated carbocycles. The van der Waals surface area contributed by atoms with E-state index in [1.54, 1.807) is 18.3 Å². The van der Waals surface area contributed by atoms with E-state index in [1.807, 2.05) is 0 Å². The molecular weight excluding hydrogens is 396 g/mol.